The molecular weight excluding hydrogens is 419 g/mol. The number of carbonyl (C=O) groups is 1. The summed E-state index contributed by atoms with van der Waals surface area (Å²) in [5.74, 6) is -2.68. The third kappa shape index (κ3) is 3.96. The highest BCUT2D eigenvalue weighted by Gasteiger charge is 2.44. The van der Waals surface area contributed by atoms with E-state index in [0.717, 1.165) is 12.1 Å². The van der Waals surface area contributed by atoms with Gasteiger partial charge in [-0.05, 0) is 36.4 Å². The van der Waals surface area contributed by atoms with Gasteiger partial charge in [-0.3, -0.25) is 9.78 Å². The highest BCUT2D eigenvalue weighted by atomic mass is 19.4. The molecular formula is C21H14F5N4O+. The van der Waals surface area contributed by atoms with Gasteiger partial charge in [-0.15, -0.1) is 0 Å². The van der Waals surface area contributed by atoms with E-state index in [0.29, 0.717) is 6.07 Å². The molecule has 0 saturated heterocycles. The number of aromatic nitrogens is 3. The quantitative estimate of drug-likeness (QED) is 0.376. The Morgan fingerprint density at radius 1 is 1.06 bits per heavy atom. The number of amides is 1. The zero-order chi connectivity index (χ0) is 22.2. The van der Waals surface area contributed by atoms with E-state index < -0.39 is 29.8 Å². The number of rotatable bonds is 4. The third-order valence-electron chi connectivity index (χ3n) is 4.60. The van der Waals surface area contributed by atoms with Gasteiger partial charge in [0.05, 0.1) is 11.9 Å². The lowest BCUT2D eigenvalue weighted by molar-refractivity contribution is -0.498. The predicted molar refractivity (Wildman–Crippen MR) is 99.8 cm³/mol. The molecule has 0 radical (unpaired) electrons. The van der Waals surface area contributed by atoms with E-state index in [1.165, 1.54) is 41.1 Å². The summed E-state index contributed by atoms with van der Waals surface area (Å²) in [4.78, 5) is 19.2. The molecule has 3 heterocycles. The van der Waals surface area contributed by atoms with Crippen molar-refractivity contribution in [3.05, 3.63) is 90.0 Å². The van der Waals surface area contributed by atoms with Crippen LogP contribution >= 0.6 is 0 Å². The van der Waals surface area contributed by atoms with Gasteiger partial charge in [0.25, 0.3) is 11.7 Å². The highest BCUT2D eigenvalue weighted by molar-refractivity contribution is 5.98. The van der Waals surface area contributed by atoms with E-state index >= 15 is 0 Å². The molecule has 31 heavy (non-hydrogen) atoms. The number of aromatic amines is 1. The zero-order valence-electron chi connectivity index (χ0n) is 15.6. The standard InChI is InChI=1S/C21H13F5N4O/c22-12-7-8-13(14(23)11-12)19-28-17(16-6-2-4-10-30(16)19)20(31)29-18(21(24,25)26)15-5-1-3-9-27-15/h1-11,18H,(H,29,31)/p+1. The van der Waals surface area contributed by atoms with Crippen LogP contribution in [0, 0.1) is 11.6 Å². The van der Waals surface area contributed by atoms with Crippen LogP contribution in [0.1, 0.15) is 22.2 Å². The molecule has 158 valence electrons. The first-order valence-electron chi connectivity index (χ1n) is 9.02. The average Bonchev–Trinajstić information content (AvgIpc) is 3.11. The summed E-state index contributed by atoms with van der Waals surface area (Å²) in [6.07, 6.45) is -2.11. The number of alkyl halides is 3. The van der Waals surface area contributed by atoms with Gasteiger partial charge in [-0.25, -0.2) is 13.8 Å². The largest absolute Gasteiger partial charge is 0.414 e. The third-order valence-corrected chi connectivity index (χ3v) is 4.60. The Labute approximate surface area is 172 Å². The van der Waals surface area contributed by atoms with Crippen molar-refractivity contribution in [3.8, 4) is 11.4 Å². The summed E-state index contributed by atoms with van der Waals surface area (Å²) in [6.45, 7) is 0. The summed E-state index contributed by atoms with van der Waals surface area (Å²) < 4.78 is 69.8. The minimum Gasteiger partial charge on any atom is -0.332 e. The molecule has 1 aromatic carbocycles. The fourth-order valence-corrected chi connectivity index (χ4v) is 3.21. The van der Waals surface area contributed by atoms with Crippen LogP contribution in [0.25, 0.3) is 16.9 Å². The number of nitrogens with zero attached hydrogens (tertiary/aromatic N) is 2. The number of hydrogen-bond acceptors (Lipinski definition) is 2. The molecule has 0 saturated carbocycles. The first-order valence-corrected chi connectivity index (χ1v) is 9.02. The van der Waals surface area contributed by atoms with Crippen LogP contribution in [-0.4, -0.2) is 22.1 Å². The van der Waals surface area contributed by atoms with Crippen LogP contribution < -0.4 is 9.72 Å². The maximum absolute atomic E-state index is 14.3. The van der Waals surface area contributed by atoms with Crippen molar-refractivity contribution < 1.29 is 31.1 Å². The summed E-state index contributed by atoms with van der Waals surface area (Å²) in [5.41, 5.74) is -0.444. The molecule has 10 heteroatoms. The van der Waals surface area contributed by atoms with Crippen molar-refractivity contribution in [3.63, 3.8) is 0 Å². The van der Waals surface area contributed by atoms with Gasteiger partial charge in [0.2, 0.25) is 5.69 Å². The van der Waals surface area contributed by atoms with E-state index in [1.54, 1.807) is 12.1 Å². The van der Waals surface area contributed by atoms with Gasteiger partial charge in [0, 0.05) is 12.3 Å². The topological polar surface area (TPSA) is 61.9 Å². The van der Waals surface area contributed by atoms with Crippen molar-refractivity contribution >= 4 is 11.4 Å². The molecule has 0 aliphatic carbocycles. The monoisotopic (exact) mass is 433 g/mol. The number of pyridine rings is 2. The lowest BCUT2D eigenvalue weighted by Crippen LogP contribution is -2.39. The molecule has 4 rings (SSSR count). The molecule has 0 spiro atoms. The highest BCUT2D eigenvalue weighted by Crippen LogP contribution is 2.32. The lowest BCUT2D eigenvalue weighted by atomic mass is 10.1. The van der Waals surface area contributed by atoms with Gasteiger partial charge in [-0.1, -0.05) is 12.1 Å². The predicted octanol–water partition coefficient (Wildman–Crippen LogP) is 4.13. The number of nitrogens with one attached hydrogen (secondary N) is 2. The van der Waals surface area contributed by atoms with Crippen molar-refractivity contribution in [2.75, 3.05) is 0 Å². The normalized spacial score (nSPS) is 12.7. The second-order valence-electron chi connectivity index (χ2n) is 6.63. The number of H-pyrrole nitrogens is 1. The molecule has 2 N–H and O–H groups in total. The number of carbonyl (C=O) groups excluding carboxylic acids is 1. The van der Waals surface area contributed by atoms with Gasteiger partial charge in [0.15, 0.2) is 11.6 Å². The van der Waals surface area contributed by atoms with E-state index in [9.17, 15) is 26.7 Å². The number of halogens is 5. The van der Waals surface area contributed by atoms with E-state index in [1.807, 2.05) is 5.32 Å². The molecule has 4 aromatic rings. The Hall–Kier alpha value is -3.82. The second-order valence-corrected chi connectivity index (χ2v) is 6.63. The SMILES string of the molecule is O=C(NC(c1ccccn1)C(F)(F)F)c1[nH]c(-c2ccc(F)cc2F)[n+]2ccccc12. The Bertz CT molecular complexity index is 1250. The average molecular weight is 433 g/mol. The second kappa shape index (κ2) is 7.78. The lowest BCUT2D eigenvalue weighted by Gasteiger charge is -2.20. The summed E-state index contributed by atoms with van der Waals surface area (Å²) in [5, 5.41) is 1.95. The molecule has 0 fully saturated rings. The molecule has 1 unspecified atom stereocenters. The first-order chi connectivity index (χ1) is 14.8. The van der Waals surface area contributed by atoms with Crippen LogP contribution in [0.2, 0.25) is 0 Å². The Morgan fingerprint density at radius 2 is 1.84 bits per heavy atom. The summed E-state index contributed by atoms with van der Waals surface area (Å²) >= 11 is 0. The van der Waals surface area contributed by atoms with Gasteiger partial charge in [0.1, 0.15) is 17.2 Å². The summed E-state index contributed by atoms with van der Waals surface area (Å²) in [6, 6.07) is 9.17. The van der Waals surface area contributed by atoms with Crippen LogP contribution in [-0.2, 0) is 0 Å². The van der Waals surface area contributed by atoms with Gasteiger partial charge < -0.3 is 5.32 Å². The minimum atomic E-state index is -4.80. The van der Waals surface area contributed by atoms with Crippen molar-refractivity contribution in [1.29, 1.82) is 0 Å². The molecule has 5 nitrogen and oxygen atoms in total. The first kappa shape index (κ1) is 20.5. The smallest absolute Gasteiger partial charge is 0.332 e. The van der Waals surface area contributed by atoms with Crippen molar-refractivity contribution in [2.45, 2.75) is 12.2 Å². The van der Waals surface area contributed by atoms with Crippen LogP contribution in [0.5, 0.6) is 0 Å². The van der Waals surface area contributed by atoms with Gasteiger partial charge >= 0.3 is 6.18 Å². The number of hydrogen-bond donors (Lipinski definition) is 2. The maximum atomic E-state index is 14.3. The molecule has 3 aromatic heterocycles. The Morgan fingerprint density at radius 3 is 2.52 bits per heavy atom. The van der Waals surface area contributed by atoms with E-state index in [-0.39, 0.29) is 28.3 Å². The Kier molecular flexibility index (Phi) is 5.14. The van der Waals surface area contributed by atoms with Crippen molar-refractivity contribution in [1.82, 2.24) is 15.3 Å². The van der Waals surface area contributed by atoms with Crippen molar-refractivity contribution in [2.24, 2.45) is 0 Å². The Balaban J connectivity index is 1.78. The van der Waals surface area contributed by atoms with Crippen LogP contribution in [0.3, 0.4) is 0 Å². The van der Waals surface area contributed by atoms with E-state index in [2.05, 4.69) is 9.97 Å². The van der Waals surface area contributed by atoms with Crippen LogP contribution in [0.15, 0.2) is 67.0 Å². The molecule has 0 bridgehead atoms. The number of benzene rings is 1. The fraction of sp³-hybridized carbons (Fsp3) is 0.0952. The van der Waals surface area contributed by atoms with E-state index in [4.69, 9.17) is 0 Å². The summed E-state index contributed by atoms with van der Waals surface area (Å²) in [7, 11) is 0. The number of fused-ring (bicyclic) bond motifs is 1. The van der Waals surface area contributed by atoms with Crippen LogP contribution in [0.4, 0.5) is 22.0 Å². The fourth-order valence-electron chi connectivity index (χ4n) is 3.21. The molecule has 0 aliphatic heterocycles. The molecule has 1 amide bonds. The molecule has 1 atom stereocenters. The van der Waals surface area contributed by atoms with Gasteiger partial charge in [-0.2, -0.15) is 17.6 Å². The minimum absolute atomic E-state index is 0.0567. The molecule has 0 aliphatic rings. The zero-order valence-corrected chi connectivity index (χ0v) is 15.6. The maximum Gasteiger partial charge on any atom is 0.414 e. The number of imidazole rings is 1.